The summed E-state index contributed by atoms with van der Waals surface area (Å²) in [5, 5.41) is 0. The van der Waals surface area contributed by atoms with Gasteiger partial charge in [0.2, 0.25) is 11.8 Å². The number of benzene rings is 1. The second kappa shape index (κ2) is 17.7. The Balaban J connectivity index is 1.90. The molecule has 2 rings (SSSR count). The van der Waals surface area contributed by atoms with Crippen molar-refractivity contribution in [2.45, 2.75) is 84.2 Å². The molecule has 0 aliphatic heterocycles. The van der Waals surface area contributed by atoms with Crippen molar-refractivity contribution in [3.8, 4) is 0 Å². The first kappa shape index (κ1) is 29.6. The van der Waals surface area contributed by atoms with Crippen LogP contribution in [0, 0.1) is 5.82 Å². The second-order valence-corrected chi connectivity index (χ2v) is 9.34. The minimum Gasteiger partial charge on any atom is -0.467 e. The van der Waals surface area contributed by atoms with Crippen LogP contribution in [0.5, 0.6) is 0 Å². The van der Waals surface area contributed by atoms with Crippen LogP contribution in [0.25, 0.3) is 0 Å². The Hall–Kier alpha value is -2.67. The van der Waals surface area contributed by atoms with Crippen molar-refractivity contribution in [2.24, 2.45) is 0 Å². The van der Waals surface area contributed by atoms with Crippen LogP contribution in [0.3, 0.4) is 0 Å². The zero-order chi connectivity index (χ0) is 26.0. The van der Waals surface area contributed by atoms with E-state index in [1.165, 1.54) is 50.7 Å². The Labute approximate surface area is 215 Å². The monoisotopic (exact) mass is 502 g/mol. The summed E-state index contributed by atoms with van der Waals surface area (Å²) in [6.07, 6.45) is 12.7. The molecule has 0 N–H and O–H groups in total. The zero-order valence-electron chi connectivity index (χ0n) is 22.1. The minimum atomic E-state index is -0.324. The first-order valence-electron chi connectivity index (χ1n) is 13.3. The molecule has 2 amide bonds. The summed E-state index contributed by atoms with van der Waals surface area (Å²) in [5.41, 5.74) is 0.806. The average molecular weight is 503 g/mol. The van der Waals surface area contributed by atoms with E-state index in [0.717, 1.165) is 24.8 Å². The first-order chi connectivity index (χ1) is 17.5. The van der Waals surface area contributed by atoms with E-state index in [9.17, 15) is 14.0 Å². The molecule has 6 nitrogen and oxygen atoms in total. The van der Waals surface area contributed by atoms with Crippen LogP contribution in [0.4, 0.5) is 4.39 Å². The van der Waals surface area contributed by atoms with Gasteiger partial charge in [-0.15, -0.1) is 0 Å². The van der Waals surface area contributed by atoms with Crippen molar-refractivity contribution >= 4 is 11.8 Å². The SMILES string of the molecule is CCCCCCCCCCCC(=O)N(CCOC)CC(=O)N(Cc1ccc(F)cc1)Cc1ccco1. The number of hydrogen-bond donors (Lipinski definition) is 0. The molecule has 0 aliphatic carbocycles. The maximum Gasteiger partial charge on any atom is 0.242 e. The van der Waals surface area contributed by atoms with Crippen LogP contribution in [-0.4, -0.2) is 48.4 Å². The van der Waals surface area contributed by atoms with E-state index in [0.29, 0.717) is 31.9 Å². The molecule has 36 heavy (non-hydrogen) atoms. The van der Waals surface area contributed by atoms with Crippen LogP contribution >= 0.6 is 0 Å². The zero-order valence-corrected chi connectivity index (χ0v) is 22.1. The molecule has 0 bridgehead atoms. The summed E-state index contributed by atoms with van der Waals surface area (Å²) < 4.78 is 24.0. The first-order valence-corrected chi connectivity index (χ1v) is 13.3. The largest absolute Gasteiger partial charge is 0.467 e. The van der Waals surface area contributed by atoms with Gasteiger partial charge in [-0.3, -0.25) is 9.59 Å². The quantitative estimate of drug-likeness (QED) is 0.210. The third-order valence-corrected chi connectivity index (χ3v) is 6.30. The summed E-state index contributed by atoms with van der Waals surface area (Å²) in [5.74, 6) is 0.112. The smallest absolute Gasteiger partial charge is 0.242 e. The molecule has 0 saturated heterocycles. The maximum atomic E-state index is 13.3. The van der Waals surface area contributed by atoms with E-state index in [4.69, 9.17) is 9.15 Å². The third-order valence-electron chi connectivity index (χ3n) is 6.30. The molecular formula is C29H43FN2O4. The molecule has 0 spiro atoms. The van der Waals surface area contributed by atoms with Crippen molar-refractivity contribution in [1.82, 2.24) is 9.80 Å². The number of unbranched alkanes of at least 4 members (excludes halogenated alkanes) is 8. The molecule has 1 aromatic heterocycles. The van der Waals surface area contributed by atoms with E-state index >= 15 is 0 Å². The van der Waals surface area contributed by atoms with Crippen LogP contribution in [-0.2, 0) is 27.4 Å². The number of carbonyl (C=O) groups is 2. The normalized spacial score (nSPS) is 11.0. The highest BCUT2D eigenvalue weighted by Gasteiger charge is 2.22. The van der Waals surface area contributed by atoms with Crippen molar-refractivity contribution in [3.63, 3.8) is 0 Å². The van der Waals surface area contributed by atoms with Gasteiger partial charge in [0.15, 0.2) is 0 Å². The van der Waals surface area contributed by atoms with Gasteiger partial charge < -0.3 is 19.0 Å². The minimum absolute atomic E-state index is 0.0249. The highest BCUT2D eigenvalue weighted by Crippen LogP contribution is 2.14. The molecule has 0 atom stereocenters. The molecular weight excluding hydrogens is 459 g/mol. The fourth-order valence-corrected chi connectivity index (χ4v) is 4.13. The van der Waals surface area contributed by atoms with E-state index in [-0.39, 0.29) is 30.7 Å². The summed E-state index contributed by atoms with van der Waals surface area (Å²) in [6.45, 7) is 3.50. The Morgan fingerprint density at radius 1 is 0.861 bits per heavy atom. The average Bonchev–Trinajstić information content (AvgIpc) is 3.39. The van der Waals surface area contributed by atoms with E-state index in [1.807, 2.05) is 6.07 Å². The Morgan fingerprint density at radius 2 is 1.53 bits per heavy atom. The Morgan fingerprint density at radius 3 is 2.14 bits per heavy atom. The van der Waals surface area contributed by atoms with Gasteiger partial charge in [0.05, 0.1) is 26.0 Å². The van der Waals surface area contributed by atoms with Crippen LogP contribution < -0.4 is 0 Å². The molecule has 0 unspecified atom stereocenters. The number of carbonyl (C=O) groups excluding carboxylic acids is 2. The van der Waals surface area contributed by atoms with Crippen molar-refractivity contribution in [1.29, 1.82) is 0 Å². The lowest BCUT2D eigenvalue weighted by molar-refractivity contribution is -0.142. The highest BCUT2D eigenvalue weighted by molar-refractivity contribution is 5.84. The predicted octanol–water partition coefficient (Wildman–Crippen LogP) is 6.34. The summed E-state index contributed by atoms with van der Waals surface area (Å²) in [7, 11) is 1.59. The molecule has 7 heteroatoms. The van der Waals surface area contributed by atoms with Crippen molar-refractivity contribution in [3.05, 3.63) is 59.8 Å². The highest BCUT2D eigenvalue weighted by atomic mass is 19.1. The molecule has 1 aromatic carbocycles. The fraction of sp³-hybridized carbons (Fsp3) is 0.586. The number of methoxy groups -OCH3 is 1. The standard InChI is InChI=1S/C29H43FN2O4/c1-3-4-5-6-7-8-9-10-11-14-28(33)31(19-21-35-2)24-29(34)32(23-27-13-12-20-36-27)22-25-15-17-26(30)18-16-25/h12-13,15-18,20H,3-11,14,19,21-24H2,1-2H3. The topological polar surface area (TPSA) is 63.0 Å². The maximum absolute atomic E-state index is 13.3. The number of nitrogens with zero attached hydrogens (tertiary/aromatic N) is 2. The van der Waals surface area contributed by atoms with Gasteiger partial charge in [-0.2, -0.15) is 0 Å². The van der Waals surface area contributed by atoms with Crippen LogP contribution in [0.15, 0.2) is 47.1 Å². The van der Waals surface area contributed by atoms with Gasteiger partial charge in [0.1, 0.15) is 11.6 Å². The molecule has 2 aromatic rings. The summed E-state index contributed by atoms with van der Waals surface area (Å²) in [4.78, 5) is 29.5. The Bertz CT molecular complexity index is 855. The molecule has 200 valence electrons. The van der Waals surface area contributed by atoms with Gasteiger partial charge in [0.25, 0.3) is 0 Å². The summed E-state index contributed by atoms with van der Waals surface area (Å²) >= 11 is 0. The third kappa shape index (κ3) is 11.8. The van der Waals surface area contributed by atoms with Gasteiger partial charge in [-0.25, -0.2) is 4.39 Å². The van der Waals surface area contributed by atoms with Gasteiger partial charge in [-0.1, -0.05) is 70.4 Å². The van der Waals surface area contributed by atoms with Crippen molar-refractivity contribution < 1.29 is 23.1 Å². The van der Waals surface area contributed by atoms with E-state index in [1.54, 1.807) is 41.4 Å². The number of halogens is 1. The van der Waals surface area contributed by atoms with Gasteiger partial charge in [0, 0.05) is 26.6 Å². The van der Waals surface area contributed by atoms with Gasteiger partial charge >= 0.3 is 0 Å². The number of amides is 2. The fourth-order valence-electron chi connectivity index (χ4n) is 4.13. The van der Waals surface area contributed by atoms with Crippen molar-refractivity contribution in [2.75, 3.05) is 26.8 Å². The van der Waals surface area contributed by atoms with Crippen LogP contribution in [0.2, 0.25) is 0 Å². The molecule has 1 heterocycles. The molecule has 0 saturated carbocycles. The predicted molar refractivity (Wildman–Crippen MR) is 140 cm³/mol. The van der Waals surface area contributed by atoms with E-state index in [2.05, 4.69) is 6.92 Å². The lowest BCUT2D eigenvalue weighted by Gasteiger charge is -2.27. The molecule has 0 aliphatic rings. The molecule has 0 fully saturated rings. The number of furan rings is 1. The van der Waals surface area contributed by atoms with Gasteiger partial charge in [-0.05, 0) is 36.2 Å². The van der Waals surface area contributed by atoms with Crippen LogP contribution in [0.1, 0.15) is 82.5 Å². The lowest BCUT2D eigenvalue weighted by atomic mass is 10.1. The lowest BCUT2D eigenvalue weighted by Crippen LogP contribution is -2.43. The number of rotatable bonds is 19. The Kier molecular flexibility index (Phi) is 14.5. The second-order valence-electron chi connectivity index (χ2n) is 9.34. The van der Waals surface area contributed by atoms with E-state index < -0.39 is 0 Å². The number of ether oxygens (including phenoxy) is 1. The number of hydrogen-bond acceptors (Lipinski definition) is 4. The molecule has 0 radical (unpaired) electrons. The summed E-state index contributed by atoms with van der Waals surface area (Å²) in [6, 6.07) is 9.66.